The second kappa shape index (κ2) is 7.77. The van der Waals surface area contributed by atoms with Gasteiger partial charge >= 0.3 is 0 Å². The molecule has 0 aliphatic heterocycles. The molecule has 3 rings (SSSR count). The molecule has 0 radical (unpaired) electrons. The second-order valence-corrected chi connectivity index (χ2v) is 7.91. The molecule has 6 nitrogen and oxygen atoms in total. The number of sulfonamides is 1. The summed E-state index contributed by atoms with van der Waals surface area (Å²) in [7, 11) is -2.11. The van der Waals surface area contributed by atoms with Crippen molar-refractivity contribution in [2.45, 2.75) is 17.9 Å². The van der Waals surface area contributed by atoms with Gasteiger partial charge in [-0.2, -0.15) is 0 Å². The lowest BCUT2D eigenvalue weighted by Gasteiger charge is -2.09. The number of hydrogen-bond acceptors (Lipinski definition) is 4. The van der Waals surface area contributed by atoms with E-state index in [4.69, 9.17) is 4.42 Å². The van der Waals surface area contributed by atoms with Crippen LogP contribution in [0.25, 0.3) is 17.0 Å². The van der Waals surface area contributed by atoms with Crippen molar-refractivity contribution in [3.8, 4) is 0 Å². The first-order chi connectivity index (χ1) is 12.9. The van der Waals surface area contributed by atoms with Crippen LogP contribution >= 0.6 is 0 Å². The van der Waals surface area contributed by atoms with Crippen LogP contribution in [0.15, 0.2) is 70.0 Å². The molecule has 7 heteroatoms. The molecule has 1 atom stereocenters. The minimum Gasteiger partial charge on any atom is -0.459 e. The van der Waals surface area contributed by atoms with Gasteiger partial charge in [-0.05, 0) is 49.9 Å². The van der Waals surface area contributed by atoms with Crippen molar-refractivity contribution in [2.24, 2.45) is 0 Å². The quantitative estimate of drug-likeness (QED) is 0.639. The monoisotopic (exact) mass is 384 g/mol. The molecule has 2 aromatic carbocycles. The molecule has 1 amide bonds. The van der Waals surface area contributed by atoms with E-state index in [1.807, 2.05) is 37.3 Å². The maximum absolute atomic E-state index is 12.1. The highest BCUT2D eigenvalue weighted by atomic mass is 32.2. The Hall–Kier alpha value is -2.90. The van der Waals surface area contributed by atoms with E-state index < -0.39 is 10.0 Å². The van der Waals surface area contributed by atoms with Gasteiger partial charge in [0.25, 0.3) is 0 Å². The van der Waals surface area contributed by atoms with Gasteiger partial charge in [-0.15, -0.1) is 0 Å². The predicted molar refractivity (Wildman–Crippen MR) is 104 cm³/mol. The summed E-state index contributed by atoms with van der Waals surface area (Å²) < 4.78 is 31.4. The van der Waals surface area contributed by atoms with Crippen molar-refractivity contribution in [1.29, 1.82) is 0 Å². The topological polar surface area (TPSA) is 88.4 Å². The van der Waals surface area contributed by atoms with Gasteiger partial charge in [-0.1, -0.05) is 30.3 Å². The van der Waals surface area contributed by atoms with E-state index in [-0.39, 0.29) is 16.8 Å². The predicted octanol–water partition coefficient (Wildman–Crippen LogP) is 3.23. The Morgan fingerprint density at radius 3 is 2.48 bits per heavy atom. The summed E-state index contributed by atoms with van der Waals surface area (Å²) in [6, 6.07) is 15.5. The van der Waals surface area contributed by atoms with Crippen LogP contribution in [0.5, 0.6) is 0 Å². The third-order valence-electron chi connectivity index (χ3n) is 4.12. The van der Waals surface area contributed by atoms with Crippen LogP contribution in [0, 0.1) is 0 Å². The van der Waals surface area contributed by atoms with Crippen LogP contribution in [0.4, 0.5) is 0 Å². The Balaban J connectivity index is 1.64. The molecule has 0 aliphatic carbocycles. The highest BCUT2D eigenvalue weighted by Crippen LogP contribution is 2.23. The Morgan fingerprint density at radius 2 is 1.81 bits per heavy atom. The van der Waals surface area contributed by atoms with E-state index in [1.165, 1.54) is 25.3 Å². The maximum atomic E-state index is 12.1. The summed E-state index contributed by atoms with van der Waals surface area (Å²) >= 11 is 0. The van der Waals surface area contributed by atoms with Gasteiger partial charge in [-0.3, -0.25) is 4.79 Å². The normalized spacial score (nSPS) is 13.1. The summed E-state index contributed by atoms with van der Waals surface area (Å²) in [6.07, 6.45) is 3.02. The summed E-state index contributed by atoms with van der Waals surface area (Å²) in [4.78, 5) is 12.3. The SMILES string of the molecule is CNS(=O)(=O)c1ccc(/C=C/C(=O)NC(C)c2cc3ccccc3o2)cc1. The number of rotatable bonds is 6. The number of carbonyl (C=O) groups excluding carboxylic acids is 1. The van der Waals surface area contributed by atoms with Crippen LogP contribution < -0.4 is 10.0 Å². The van der Waals surface area contributed by atoms with E-state index in [9.17, 15) is 13.2 Å². The lowest BCUT2D eigenvalue weighted by molar-refractivity contribution is -0.117. The van der Waals surface area contributed by atoms with Gasteiger partial charge in [0.1, 0.15) is 11.3 Å². The minimum absolute atomic E-state index is 0.171. The molecule has 0 saturated heterocycles. The molecule has 1 aromatic heterocycles. The fraction of sp³-hybridized carbons (Fsp3) is 0.150. The van der Waals surface area contributed by atoms with Crippen LogP contribution in [-0.4, -0.2) is 21.4 Å². The number of hydrogen-bond donors (Lipinski definition) is 2. The first-order valence-electron chi connectivity index (χ1n) is 8.40. The standard InChI is InChI=1S/C20H20N2O4S/c1-14(19-13-16-5-3-4-6-18(16)26-19)22-20(23)12-9-15-7-10-17(11-8-15)27(24,25)21-2/h3-14,21H,1-2H3,(H,22,23)/b12-9+. The number of furan rings is 1. The zero-order valence-electron chi connectivity index (χ0n) is 15.0. The summed E-state index contributed by atoms with van der Waals surface area (Å²) in [5.41, 5.74) is 1.50. The van der Waals surface area contributed by atoms with Crippen LogP contribution in [0.1, 0.15) is 24.3 Å². The zero-order valence-corrected chi connectivity index (χ0v) is 15.8. The Kier molecular flexibility index (Phi) is 5.43. The number of amides is 1. The van der Waals surface area contributed by atoms with Crippen LogP contribution in [0.2, 0.25) is 0 Å². The molecular formula is C20H20N2O4S. The van der Waals surface area contributed by atoms with Crippen molar-refractivity contribution in [3.05, 3.63) is 72.0 Å². The van der Waals surface area contributed by atoms with Crippen molar-refractivity contribution in [1.82, 2.24) is 10.0 Å². The summed E-state index contributed by atoms with van der Waals surface area (Å²) in [5, 5.41) is 3.83. The lowest BCUT2D eigenvalue weighted by atomic mass is 10.2. The van der Waals surface area contributed by atoms with Gasteiger partial charge in [0, 0.05) is 11.5 Å². The average Bonchev–Trinajstić information content (AvgIpc) is 3.11. The molecule has 140 valence electrons. The van der Waals surface area contributed by atoms with E-state index >= 15 is 0 Å². The van der Waals surface area contributed by atoms with Crippen molar-refractivity contribution in [2.75, 3.05) is 7.05 Å². The highest BCUT2D eigenvalue weighted by Gasteiger charge is 2.13. The average molecular weight is 384 g/mol. The van der Waals surface area contributed by atoms with Gasteiger partial charge in [-0.25, -0.2) is 13.1 Å². The van der Waals surface area contributed by atoms with Gasteiger partial charge < -0.3 is 9.73 Å². The van der Waals surface area contributed by atoms with E-state index in [1.54, 1.807) is 18.2 Å². The molecule has 0 aliphatic rings. The number of carbonyl (C=O) groups is 1. The summed E-state index contributed by atoms with van der Waals surface area (Å²) in [6.45, 7) is 1.85. The van der Waals surface area contributed by atoms with E-state index in [0.717, 1.165) is 16.5 Å². The van der Waals surface area contributed by atoms with Crippen LogP contribution in [0.3, 0.4) is 0 Å². The Morgan fingerprint density at radius 1 is 1.11 bits per heavy atom. The first kappa shape index (κ1) is 18.9. The smallest absolute Gasteiger partial charge is 0.244 e. The van der Waals surface area contributed by atoms with Crippen molar-refractivity contribution < 1.29 is 17.6 Å². The largest absolute Gasteiger partial charge is 0.459 e. The molecule has 0 spiro atoms. The van der Waals surface area contributed by atoms with E-state index in [0.29, 0.717) is 5.76 Å². The Labute approximate surface area is 157 Å². The van der Waals surface area contributed by atoms with Gasteiger partial charge in [0.05, 0.1) is 10.9 Å². The number of fused-ring (bicyclic) bond motifs is 1. The van der Waals surface area contributed by atoms with Crippen molar-refractivity contribution in [3.63, 3.8) is 0 Å². The minimum atomic E-state index is -3.47. The molecule has 0 saturated carbocycles. The Bertz CT molecular complexity index is 1050. The summed E-state index contributed by atoms with van der Waals surface area (Å²) in [5.74, 6) is 0.412. The molecule has 1 heterocycles. The first-order valence-corrected chi connectivity index (χ1v) is 9.88. The molecule has 3 aromatic rings. The van der Waals surface area contributed by atoms with Crippen LogP contribution in [-0.2, 0) is 14.8 Å². The number of nitrogens with one attached hydrogen (secondary N) is 2. The van der Waals surface area contributed by atoms with Gasteiger partial charge in [0.2, 0.25) is 15.9 Å². The lowest BCUT2D eigenvalue weighted by Crippen LogP contribution is -2.24. The number of benzene rings is 2. The molecular weight excluding hydrogens is 364 g/mol. The van der Waals surface area contributed by atoms with E-state index in [2.05, 4.69) is 10.0 Å². The molecule has 0 fully saturated rings. The van der Waals surface area contributed by atoms with Gasteiger partial charge in [0.15, 0.2) is 0 Å². The molecule has 0 bridgehead atoms. The van der Waals surface area contributed by atoms with Crippen molar-refractivity contribution >= 4 is 33.0 Å². The molecule has 27 heavy (non-hydrogen) atoms. The third kappa shape index (κ3) is 4.45. The fourth-order valence-corrected chi connectivity index (χ4v) is 3.33. The maximum Gasteiger partial charge on any atom is 0.244 e. The fourth-order valence-electron chi connectivity index (χ4n) is 2.60. The molecule has 1 unspecified atom stereocenters. The second-order valence-electron chi connectivity index (χ2n) is 6.03. The number of para-hydroxylation sites is 1. The zero-order chi connectivity index (χ0) is 19.4. The third-order valence-corrected chi connectivity index (χ3v) is 5.55. The highest BCUT2D eigenvalue weighted by molar-refractivity contribution is 7.89. The molecule has 2 N–H and O–H groups in total.